The second kappa shape index (κ2) is 4.66. The second-order valence-electron chi connectivity index (χ2n) is 3.85. The van der Waals surface area contributed by atoms with E-state index >= 15 is 0 Å². The lowest BCUT2D eigenvalue weighted by Crippen LogP contribution is -2.36. The molecule has 84 valence electrons. The maximum Gasteiger partial charge on any atom is 0.320 e. The lowest BCUT2D eigenvalue weighted by molar-refractivity contribution is 0.248. The number of aromatic nitrogens is 2. The largest absolute Gasteiger partial charge is 0.335 e. The average Bonchev–Trinajstić information content (AvgIpc) is 2.88. The van der Waals surface area contributed by atoms with Gasteiger partial charge < -0.3 is 5.32 Å². The van der Waals surface area contributed by atoms with Crippen LogP contribution in [0, 0.1) is 11.3 Å². The Morgan fingerprint density at radius 3 is 3.00 bits per heavy atom. The number of H-pyrrole nitrogens is 1. The minimum atomic E-state index is -0.285. The molecule has 6 heteroatoms. The number of nitriles is 1. The van der Waals surface area contributed by atoms with Crippen molar-refractivity contribution in [2.75, 3.05) is 5.32 Å². The molecule has 1 aliphatic rings. The molecule has 0 aromatic carbocycles. The van der Waals surface area contributed by atoms with Gasteiger partial charge in [0.1, 0.15) is 17.5 Å². The van der Waals surface area contributed by atoms with Crippen molar-refractivity contribution in [2.45, 2.75) is 31.7 Å². The maximum absolute atomic E-state index is 11.6. The number of hydrogen-bond donors (Lipinski definition) is 3. The standard InChI is InChI=1S/C10H13N5O/c11-5-7-6-12-15-9(7)14-10(16)13-8-3-1-2-4-8/h6,8H,1-4H2,(H3,12,13,14,15,16). The molecule has 0 bridgehead atoms. The van der Waals surface area contributed by atoms with Gasteiger partial charge in [-0.3, -0.25) is 10.4 Å². The van der Waals surface area contributed by atoms with E-state index in [0.717, 1.165) is 12.8 Å². The summed E-state index contributed by atoms with van der Waals surface area (Å²) in [5.41, 5.74) is 0.335. The average molecular weight is 219 g/mol. The monoisotopic (exact) mass is 219 g/mol. The predicted octanol–water partition coefficient (Wildman–Crippen LogP) is 1.35. The molecule has 0 aliphatic heterocycles. The number of nitrogens with one attached hydrogen (secondary N) is 3. The Labute approximate surface area is 93.0 Å². The van der Waals surface area contributed by atoms with E-state index in [1.54, 1.807) is 0 Å². The Hall–Kier alpha value is -2.03. The van der Waals surface area contributed by atoms with Crippen LogP contribution >= 0.6 is 0 Å². The zero-order chi connectivity index (χ0) is 11.4. The van der Waals surface area contributed by atoms with Gasteiger partial charge in [-0.05, 0) is 12.8 Å². The summed E-state index contributed by atoms with van der Waals surface area (Å²) < 4.78 is 0. The van der Waals surface area contributed by atoms with Crippen LogP contribution in [0.15, 0.2) is 6.20 Å². The molecule has 1 fully saturated rings. The molecular weight excluding hydrogens is 206 g/mol. The molecule has 2 amide bonds. The lowest BCUT2D eigenvalue weighted by atomic mass is 10.2. The maximum atomic E-state index is 11.6. The predicted molar refractivity (Wildman–Crippen MR) is 57.7 cm³/mol. The summed E-state index contributed by atoms with van der Waals surface area (Å²) in [7, 11) is 0. The van der Waals surface area contributed by atoms with E-state index < -0.39 is 0 Å². The molecular formula is C10H13N5O. The van der Waals surface area contributed by atoms with E-state index in [9.17, 15) is 4.79 Å². The first-order chi connectivity index (χ1) is 7.79. The zero-order valence-electron chi connectivity index (χ0n) is 8.79. The minimum absolute atomic E-state index is 0.258. The van der Waals surface area contributed by atoms with Gasteiger partial charge in [-0.25, -0.2) is 4.79 Å². The molecule has 16 heavy (non-hydrogen) atoms. The Morgan fingerprint density at radius 2 is 2.31 bits per heavy atom. The van der Waals surface area contributed by atoms with Crippen LogP contribution in [0.1, 0.15) is 31.2 Å². The van der Waals surface area contributed by atoms with Crippen molar-refractivity contribution in [2.24, 2.45) is 0 Å². The topological polar surface area (TPSA) is 93.6 Å². The summed E-state index contributed by atoms with van der Waals surface area (Å²) in [6, 6.07) is 1.91. The molecule has 0 radical (unpaired) electrons. The van der Waals surface area contributed by atoms with Crippen LogP contribution in [0.2, 0.25) is 0 Å². The van der Waals surface area contributed by atoms with Gasteiger partial charge in [-0.15, -0.1) is 0 Å². The second-order valence-corrected chi connectivity index (χ2v) is 3.85. The van der Waals surface area contributed by atoms with Gasteiger partial charge in [0.05, 0.1) is 6.20 Å². The van der Waals surface area contributed by atoms with E-state index in [1.165, 1.54) is 19.0 Å². The number of carbonyl (C=O) groups excluding carboxylic acids is 1. The van der Waals surface area contributed by atoms with Gasteiger partial charge >= 0.3 is 6.03 Å². The first-order valence-electron chi connectivity index (χ1n) is 5.30. The number of nitrogens with zero attached hydrogens (tertiary/aromatic N) is 2. The summed E-state index contributed by atoms with van der Waals surface area (Å²) in [6.07, 6.45) is 5.77. The normalized spacial score (nSPS) is 15.7. The third-order valence-electron chi connectivity index (χ3n) is 2.69. The molecule has 1 aliphatic carbocycles. The van der Waals surface area contributed by atoms with Gasteiger partial charge in [0.25, 0.3) is 0 Å². The van der Waals surface area contributed by atoms with E-state index in [4.69, 9.17) is 5.26 Å². The summed E-state index contributed by atoms with van der Waals surface area (Å²) in [4.78, 5) is 11.6. The molecule has 1 heterocycles. The number of amides is 2. The van der Waals surface area contributed by atoms with Crippen molar-refractivity contribution in [3.8, 4) is 6.07 Å². The van der Waals surface area contributed by atoms with E-state index in [1.807, 2.05) is 6.07 Å². The van der Waals surface area contributed by atoms with Crippen LogP contribution in [-0.2, 0) is 0 Å². The molecule has 0 spiro atoms. The quantitative estimate of drug-likeness (QED) is 0.700. The first kappa shape index (κ1) is 10.5. The fourth-order valence-electron chi connectivity index (χ4n) is 1.87. The molecule has 1 saturated carbocycles. The van der Waals surface area contributed by atoms with Gasteiger partial charge in [-0.2, -0.15) is 10.4 Å². The van der Waals surface area contributed by atoms with Crippen molar-refractivity contribution in [1.82, 2.24) is 15.5 Å². The molecule has 3 N–H and O–H groups in total. The van der Waals surface area contributed by atoms with Crippen molar-refractivity contribution >= 4 is 11.8 Å². The van der Waals surface area contributed by atoms with E-state index in [2.05, 4.69) is 20.8 Å². The number of rotatable bonds is 2. The van der Waals surface area contributed by atoms with Crippen molar-refractivity contribution in [3.63, 3.8) is 0 Å². The van der Waals surface area contributed by atoms with Gasteiger partial charge in [0.15, 0.2) is 0 Å². The third kappa shape index (κ3) is 2.31. The number of hydrogen-bond acceptors (Lipinski definition) is 3. The van der Waals surface area contributed by atoms with Gasteiger partial charge in [-0.1, -0.05) is 12.8 Å². The highest BCUT2D eigenvalue weighted by Gasteiger charge is 2.17. The Balaban J connectivity index is 1.89. The summed E-state index contributed by atoms with van der Waals surface area (Å²) >= 11 is 0. The SMILES string of the molecule is N#Cc1cn[nH]c1NC(=O)NC1CCCC1. The highest BCUT2D eigenvalue weighted by atomic mass is 16.2. The number of aromatic amines is 1. The van der Waals surface area contributed by atoms with Crippen LogP contribution in [0.3, 0.4) is 0 Å². The van der Waals surface area contributed by atoms with Crippen molar-refractivity contribution in [3.05, 3.63) is 11.8 Å². The summed E-state index contributed by atoms with van der Waals surface area (Å²) in [5, 5.41) is 20.4. The molecule has 0 unspecified atom stereocenters. The molecule has 1 aromatic rings. The first-order valence-corrected chi connectivity index (χ1v) is 5.30. The number of urea groups is 1. The Bertz CT molecular complexity index is 413. The molecule has 0 saturated heterocycles. The highest BCUT2D eigenvalue weighted by molar-refractivity contribution is 5.89. The van der Waals surface area contributed by atoms with Crippen LogP contribution in [0.4, 0.5) is 10.6 Å². The third-order valence-corrected chi connectivity index (χ3v) is 2.69. The van der Waals surface area contributed by atoms with Crippen molar-refractivity contribution in [1.29, 1.82) is 5.26 Å². The zero-order valence-corrected chi connectivity index (χ0v) is 8.79. The number of carbonyl (C=O) groups is 1. The minimum Gasteiger partial charge on any atom is -0.335 e. The molecule has 6 nitrogen and oxygen atoms in total. The highest BCUT2D eigenvalue weighted by Crippen LogP contribution is 2.17. The van der Waals surface area contributed by atoms with Gasteiger partial charge in [0.2, 0.25) is 0 Å². The van der Waals surface area contributed by atoms with Crippen molar-refractivity contribution < 1.29 is 4.79 Å². The number of anilines is 1. The molecule has 2 rings (SSSR count). The Morgan fingerprint density at radius 1 is 1.56 bits per heavy atom. The van der Waals surface area contributed by atoms with Crippen LogP contribution in [0.25, 0.3) is 0 Å². The smallest absolute Gasteiger partial charge is 0.320 e. The Kier molecular flexibility index (Phi) is 3.05. The van der Waals surface area contributed by atoms with Gasteiger partial charge in [0, 0.05) is 6.04 Å². The van der Waals surface area contributed by atoms with Crippen LogP contribution in [0.5, 0.6) is 0 Å². The van der Waals surface area contributed by atoms with Crippen LogP contribution < -0.4 is 10.6 Å². The molecule has 1 aromatic heterocycles. The fourth-order valence-corrected chi connectivity index (χ4v) is 1.87. The summed E-state index contributed by atoms with van der Waals surface area (Å²) in [6.45, 7) is 0. The summed E-state index contributed by atoms with van der Waals surface area (Å²) in [5.74, 6) is 0.345. The lowest BCUT2D eigenvalue weighted by Gasteiger charge is -2.11. The molecule has 0 atom stereocenters. The fraction of sp³-hybridized carbons (Fsp3) is 0.500. The van der Waals surface area contributed by atoms with E-state index in [-0.39, 0.29) is 12.1 Å². The van der Waals surface area contributed by atoms with Crippen LogP contribution in [-0.4, -0.2) is 22.3 Å². The van der Waals surface area contributed by atoms with E-state index in [0.29, 0.717) is 11.4 Å².